The molecule has 1 aliphatic rings. The summed E-state index contributed by atoms with van der Waals surface area (Å²) < 4.78 is 2.44. The third-order valence-electron chi connectivity index (χ3n) is 4.57. The van der Waals surface area contributed by atoms with Crippen molar-refractivity contribution in [3.63, 3.8) is 0 Å². The smallest absolute Gasteiger partial charge is 0.127 e. The molecular weight excluding hydrogens is 268 g/mol. The van der Waals surface area contributed by atoms with E-state index in [4.69, 9.17) is 16.6 Å². The fourth-order valence-electron chi connectivity index (χ4n) is 3.63. The Morgan fingerprint density at radius 1 is 1.35 bits per heavy atom. The zero-order valence-electron chi connectivity index (χ0n) is 12.6. The van der Waals surface area contributed by atoms with E-state index in [0.29, 0.717) is 6.04 Å². The highest BCUT2D eigenvalue weighted by molar-refractivity contribution is 6.20. The molecular formula is C17H23ClN2. The lowest BCUT2D eigenvalue weighted by Crippen LogP contribution is -2.20. The van der Waals surface area contributed by atoms with Gasteiger partial charge in [0.1, 0.15) is 5.82 Å². The fourth-order valence-corrected chi connectivity index (χ4v) is 3.78. The van der Waals surface area contributed by atoms with Crippen LogP contribution in [-0.4, -0.2) is 9.55 Å². The molecule has 3 heteroatoms. The summed E-state index contributed by atoms with van der Waals surface area (Å²) in [5.74, 6) is 1.84. The van der Waals surface area contributed by atoms with Gasteiger partial charge in [-0.25, -0.2) is 4.98 Å². The summed E-state index contributed by atoms with van der Waals surface area (Å²) in [5.41, 5.74) is 3.68. The number of hydrogen-bond donors (Lipinski definition) is 0. The van der Waals surface area contributed by atoms with Crippen LogP contribution in [-0.2, 0) is 0 Å². The number of rotatable bonds is 2. The summed E-state index contributed by atoms with van der Waals surface area (Å²) >= 11 is 6.40. The standard InChI is InChI=1S/C17H23ClN2/c1-11-6-4-8-14(10-11)20-16-12(2)7-5-9-15(16)19-17(20)13(3)18/h5,7,9,11,13-14H,4,6,8,10H2,1-3H3. The number of imidazole rings is 1. The first-order valence-corrected chi connectivity index (χ1v) is 8.13. The van der Waals surface area contributed by atoms with Crippen LogP contribution in [0.5, 0.6) is 0 Å². The van der Waals surface area contributed by atoms with Gasteiger partial charge >= 0.3 is 0 Å². The Labute approximate surface area is 126 Å². The van der Waals surface area contributed by atoms with Crippen molar-refractivity contribution in [2.75, 3.05) is 0 Å². The van der Waals surface area contributed by atoms with Crippen molar-refractivity contribution in [1.29, 1.82) is 0 Å². The van der Waals surface area contributed by atoms with Crippen LogP contribution >= 0.6 is 11.6 Å². The van der Waals surface area contributed by atoms with Crippen LogP contribution < -0.4 is 0 Å². The minimum absolute atomic E-state index is 0.0426. The molecule has 0 bridgehead atoms. The number of aryl methyl sites for hydroxylation is 1. The third-order valence-corrected chi connectivity index (χ3v) is 4.76. The van der Waals surface area contributed by atoms with Crippen molar-refractivity contribution in [2.24, 2.45) is 5.92 Å². The molecule has 3 atom stereocenters. The molecule has 1 aromatic carbocycles. The largest absolute Gasteiger partial charge is 0.323 e. The number of benzene rings is 1. The fraction of sp³-hybridized carbons (Fsp3) is 0.588. The number of aromatic nitrogens is 2. The summed E-state index contributed by atoms with van der Waals surface area (Å²) in [5, 5.41) is -0.0426. The maximum absolute atomic E-state index is 6.40. The minimum Gasteiger partial charge on any atom is -0.323 e. The van der Waals surface area contributed by atoms with Crippen molar-refractivity contribution < 1.29 is 0 Å². The number of hydrogen-bond acceptors (Lipinski definition) is 1. The highest BCUT2D eigenvalue weighted by atomic mass is 35.5. The third kappa shape index (κ3) is 2.35. The van der Waals surface area contributed by atoms with Crippen molar-refractivity contribution in [2.45, 2.75) is 57.9 Å². The first kappa shape index (κ1) is 13.9. The Kier molecular flexibility index (Phi) is 3.76. The highest BCUT2D eigenvalue weighted by Gasteiger charge is 2.26. The molecule has 0 amide bonds. The molecule has 2 aromatic rings. The van der Waals surface area contributed by atoms with Gasteiger partial charge in [-0.1, -0.05) is 31.9 Å². The molecule has 1 aromatic heterocycles. The molecule has 1 saturated carbocycles. The zero-order valence-corrected chi connectivity index (χ0v) is 13.3. The topological polar surface area (TPSA) is 17.8 Å². The van der Waals surface area contributed by atoms with Crippen LogP contribution in [0.15, 0.2) is 18.2 Å². The van der Waals surface area contributed by atoms with E-state index in [9.17, 15) is 0 Å². The van der Waals surface area contributed by atoms with E-state index in [-0.39, 0.29) is 5.38 Å². The zero-order chi connectivity index (χ0) is 14.3. The lowest BCUT2D eigenvalue weighted by Gasteiger charge is -2.30. The molecule has 3 unspecified atom stereocenters. The summed E-state index contributed by atoms with van der Waals surface area (Å²) in [7, 11) is 0. The van der Waals surface area contributed by atoms with E-state index in [0.717, 1.165) is 17.3 Å². The van der Waals surface area contributed by atoms with Gasteiger partial charge in [0.2, 0.25) is 0 Å². The van der Waals surface area contributed by atoms with E-state index >= 15 is 0 Å². The van der Waals surface area contributed by atoms with Gasteiger partial charge in [0.25, 0.3) is 0 Å². The number of para-hydroxylation sites is 1. The Hall–Kier alpha value is -1.02. The summed E-state index contributed by atoms with van der Waals surface area (Å²) in [4.78, 5) is 4.80. The molecule has 0 N–H and O–H groups in total. The average Bonchev–Trinajstić information content (AvgIpc) is 2.80. The predicted octanol–water partition coefficient (Wildman–Crippen LogP) is 5.40. The highest BCUT2D eigenvalue weighted by Crippen LogP contribution is 2.38. The van der Waals surface area contributed by atoms with Crippen molar-refractivity contribution in [3.8, 4) is 0 Å². The number of nitrogens with zero attached hydrogens (tertiary/aromatic N) is 2. The Balaban J connectivity index is 2.18. The first-order valence-electron chi connectivity index (χ1n) is 7.69. The maximum atomic E-state index is 6.40. The Morgan fingerprint density at radius 3 is 2.85 bits per heavy atom. The van der Waals surface area contributed by atoms with Crippen LogP contribution in [0.1, 0.15) is 62.3 Å². The summed E-state index contributed by atoms with van der Waals surface area (Å²) in [6.45, 7) is 6.57. The van der Waals surface area contributed by atoms with E-state index in [1.807, 2.05) is 6.92 Å². The minimum atomic E-state index is -0.0426. The van der Waals surface area contributed by atoms with Crippen LogP contribution in [0.2, 0.25) is 0 Å². The van der Waals surface area contributed by atoms with Gasteiger partial charge in [-0.2, -0.15) is 0 Å². The molecule has 3 rings (SSSR count). The van der Waals surface area contributed by atoms with Crippen molar-refractivity contribution in [1.82, 2.24) is 9.55 Å². The molecule has 0 aliphatic heterocycles. The lowest BCUT2D eigenvalue weighted by atomic mass is 9.86. The molecule has 0 saturated heterocycles. The van der Waals surface area contributed by atoms with Gasteiger partial charge in [0.05, 0.1) is 16.4 Å². The van der Waals surface area contributed by atoms with Crippen molar-refractivity contribution in [3.05, 3.63) is 29.6 Å². The molecule has 0 radical (unpaired) electrons. The van der Waals surface area contributed by atoms with E-state index in [1.54, 1.807) is 0 Å². The van der Waals surface area contributed by atoms with Gasteiger partial charge in [-0.05, 0) is 44.2 Å². The maximum Gasteiger partial charge on any atom is 0.127 e. The number of alkyl halides is 1. The lowest BCUT2D eigenvalue weighted by molar-refractivity contribution is 0.282. The van der Waals surface area contributed by atoms with Crippen LogP contribution in [0.4, 0.5) is 0 Å². The first-order chi connectivity index (χ1) is 9.58. The van der Waals surface area contributed by atoms with E-state index in [1.165, 1.54) is 36.8 Å². The van der Waals surface area contributed by atoms with Gasteiger partial charge in [0, 0.05) is 6.04 Å². The predicted molar refractivity (Wildman–Crippen MR) is 85.4 cm³/mol. The molecule has 108 valence electrons. The molecule has 0 spiro atoms. The quantitative estimate of drug-likeness (QED) is 0.678. The number of halogens is 1. The summed E-state index contributed by atoms with van der Waals surface area (Å²) in [6.07, 6.45) is 5.17. The van der Waals surface area contributed by atoms with Crippen LogP contribution in [0.25, 0.3) is 11.0 Å². The van der Waals surface area contributed by atoms with Crippen LogP contribution in [0.3, 0.4) is 0 Å². The second-order valence-corrected chi connectivity index (χ2v) is 6.98. The second kappa shape index (κ2) is 5.40. The van der Waals surface area contributed by atoms with Gasteiger partial charge in [-0.15, -0.1) is 11.6 Å². The van der Waals surface area contributed by atoms with Gasteiger partial charge < -0.3 is 4.57 Å². The van der Waals surface area contributed by atoms with E-state index < -0.39 is 0 Å². The monoisotopic (exact) mass is 290 g/mol. The Morgan fingerprint density at radius 2 is 2.15 bits per heavy atom. The van der Waals surface area contributed by atoms with E-state index in [2.05, 4.69) is 36.6 Å². The Bertz CT molecular complexity index is 615. The van der Waals surface area contributed by atoms with Crippen LogP contribution in [0, 0.1) is 12.8 Å². The molecule has 1 aliphatic carbocycles. The second-order valence-electron chi connectivity index (χ2n) is 6.32. The molecule has 2 nitrogen and oxygen atoms in total. The molecule has 1 heterocycles. The summed E-state index contributed by atoms with van der Waals surface area (Å²) in [6, 6.07) is 6.92. The normalized spacial score (nSPS) is 25.0. The van der Waals surface area contributed by atoms with Gasteiger partial charge in [0.15, 0.2) is 0 Å². The molecule has 20 heavy (non-hydrogen) atoms. The average molecular weight is 291 g/mol. The number of fused-ring (bicyclic) bond motifs is 1. The molecule has 1 fully saturated rings. The SMILES string of the molecule is Cc1cccc2nc(C(C)Cl)n(C3CCCC(C)C3)c12. The van der Waals surface area contributed by atoms with Gasteiger partial charge in [-0.3, -0.25) is 0 Å². The van der Waals surface area contributed by atoms with Crippen molar-refractivity contribution >= 4 is 22.6 Å².